The number of rotatable bonds is 8. The molecule has 0 spiro atoms. The highest BCUT2D eigenvalue weighted by atomic mass is 31.2. The van der Waals surface area contributed by atoms with E-state index >= 15 is 0 Å². The van der Waals surface area contributed by atoms with Crippen LogP contribution in [0, 0.1) is 17.8 Å². The first kappa shape index (κ1) is 24.5. The van der Waals surface area contributed by atoms with E-state index in [4.69, 9.17) is 19.3 Å². The minimum Gasteiger partial charge on any atom is -0.378 e. The summed E-state index contributed by atoms with van der Waals surface area (Å²) < 4.78 is 27.7. The van der Waals surface area contributed by atoms with Gasteiger partial charge in [0.05, 0.1) is 19.3 Å². The molecule has 32 heavy (non-hydrogen) atoms. The number of nitrogens with zero attached hydrogens (tertiary/aromatic N) is 1. The molecule has 1 aliphatic heterocycles. The molecule has 0 aromatic carbocycles. The Balaban J connectivity index is 1.68. The predicted octanol–water partition coefficient (Wildman–Crippen LogP) is 0.593. The van der Waals surface area contributed by atoms with Crippen LogP contribution in [0.15, 0.2) is 28.1 Å². The molecule has 2 heterocycles. The zero-order chi connectivity index (χ0) is 23.3. The molecule has 176 valence electrons. The van der Waals surface area contributed by atoms with Gasteiger partial charge >= 0.3 is 13.5 Å². The third kappa shape index (κ3) is 6.42. The molecule has 0 bridgehead atoms. The number of ether oxygens (including phenoxy) is 2. The zero-order valence-electron chi connectivity index (χ0n) is 17.8. The number of hydrogen-bond acceptors (Lipinski definition) is 7. The van der Waals surface area contributed by atoms with Gasteiger partial charge in [0.1, 0.15) is 17.9 Å². The van der Waals surface area contributed by atoms with Crippen molar-refractivity contribution in [2.45, 2.75) is 50.5 Å². The van der Waals surface area contributed by atoms with Crippen molar-refractivity contribution in [3.8, 4) is 11.8 Å². The first-order valence-electron chi connectivity index (χ1n) is 10.3. The Morgan fingerprint density at radius 2 is 2.12 bits per heavy atom. The lowest BCUT2D eigenvalue weighted by molar-refractivity contribution is -0.0526. The van der Waals surface area contributed by atoms with Crippen LogP contribution >= 0.6 is 7.82 Å². The van der Waals surface area contributed by atoms with Crippen molar-refractivity contribution in [2.75, 3.05) is 20.3 Å². The predicted molar refractivity (Wildman–Crippen MR) is 115 cm³/mol. The number of phosphoric ester groups is 1. The quantitative estimate of drug-likeness (QED) is 0.317. The second-order valence-corrected chi connectivity index (χ2v) is 9.04. The van der Waals surface area contributed by atoms with Gasteiger partial charge in [-0.25, -0.2) is 9.36 Å². The molecule has 2 aliphatic rings. The number of aromatic amines is 1. The third-order valence-corrected chi connectivity index (χ3v) is 6.13. The van der Waals surface area contributed by atoms with Gasteiger partial charge in [-0.2, -0.15) is 0 Å². The summed E-state index contributed by atoms with van der Waals surface area (Å²) >= 11 is 0. The minimum atomic E-state index is -4.68. The lowest BCUT2D eigenvalue weighted by Gasteiger charge is -2.17. The van der Waals surface area contributed by atoms with Crippen LogP contribution in [0.1, 0.15) is 43.9 Å². The molecule has 1 saturated carbocycles. The molecule has 1 aromatic heterocycles. The Bertz CT molecular complexity index is 1040. The molecule has 0 amide bonds. The fraction of sp³-hybridized carbons (Fsp3) is 0.600. The standard InChI is InChI=1S/C20H28N3O8P/c1-13(14-6-3-4-7-14)21-9-5-8-15-11-23(20(25)22-19(15)24)18-10-16(29-2)17(31-18)12-30-32(26,27)28/h11,14,16-18,21H,1,3-4,6-7,9-10,12H2,2H3,(H,22,24,25)(H2,26,27,28)/t16?,17-,18-/m1/s1. The van der Waals surface area contributed by atoms with E-state index in [0.717, 1.165) is 18.5 Å². The number of nitrogens with one attached hydrogen (secondary N) is 2. The largest absolute Gasteiger partial charge is 0.469 e. The van der Waals surface area contributed by atoms with Crippen LogP contribution in [0.3, 0.4) is 0 Å². The molecular weight excluding hydrogens is 441 g/mol. The third-order valence-electron chi connectivity index (χ3n) is 5.64. The van der Waals surface area contributed by atoms with E-state index in [9.17, 15) is 14.2 Å². The van der Waals surface area contributed by atoms with Gasteiger partial charge in [-0.3, -0.25) is 18.9 Å². The number of H-pyrrole nitrogens is 1. The Labute approximate surface area is 185 Å². The second kappa shape index (κ2) is 10.6. The van der Waals surface area contributed by atoms with Crippen LogP contribution in [-0.4, -0.2) is 51.8 Å². The number of methoxy groups -OCH3 is 1. The average Bonchev–Trinajstić information content (AvgIpc) is 3.40. The molecule has 1 unspecified atom stereocenters. The summed E-state index contributed by atoms with van der Waals surface area (Å²) in [6, 6.07) is 0. The summed E-state index contributed by atoms with van der Waals surface area (Å²) in [7, 11) is -3.27. The molecule has 4 N–H and O–H groups in total. The van der Waals surface area contributed by atoms with Crippen molar-refractivity contribution in [1.82, 2.24) is 14.9 Å². The maximum absolute atomic E-state index is 12.3. The van der Waals surface area contributed by atoms with Crippen LogP contribution in [0.2, 0.25) is 0 Å². The van der Waals surface area contributed by atoms with E-state index in [1.807, 2.05) is 0 Å². The maximum Gasteiger partial charge on any atom is 0.469 e. The van der Waals surface area contributed by atoms with Gasteiger partial charge in [0, 0.05) is 25.4 Å². The Morgan fingerprint density at radius 3 is 2.78 bits per heavy atom. The van der Waals surface area contributed by atoms with Gasteiger partial charge in [0.2, 0.25) is 0 Å². The van der Waals surface area contributed by atoms with Crippen LogP contribution < -0.4 is 16.6 Å². The summed E-state index contributed by atoms with van der Waals surface area (Å²) in [5.74, 6) is 6.09. The van der Waals surface area contributed by atoms with Gasteiger partial charge in [0.25, 0.3) is 5.56 Å². The van der Waals surface area contributed by atoms with E-state index < -0.39 is 44.1 Å². The fourth-order valence-electron chi connectivity index (χ4n) is 3.94. The van der Waals surface area contributed by atoms with Crippen molar-refractivity contribution in [2.24, 2.45) is 5.92 Å². The summed E-state index contributed by atoms with van der Waals surface area (Å²) in [6.45, 7) is 3.95. The Kier molecular flexibility index (Phi) is 8.11. The van der Waals surface area contributed by atoms with Crippen molar-refractivity contribution in [3.05, 3.63) is 44.9 Å². The summed E-state index contributed by atoms with van der Waals surface area (Å²) in [4.78, 5) is 44.5. The Hall–Kier alpha value is -2.19. The van der Waals surface area contributed by atoms with Gasteiger partial charge in [-0.1, -0.05) is 31.3 Å². The molecule has 1 aliphatic carbocycles. The van der Waals surface area contributed by atoms with Gasteiger partial charge < -0.3 is 24.6 Å². The number of hydrogen-bond donors (Lipinski definition) is 4. The average molecular weight is 469 g/mol. The molecule has 0 radical (unpaired) electrons. The smallest absolute Gasteiger partial charge is 0.378 e. The van der Waals surface area contributed by atoms with Crippen molar-refractivity contribution in [1.29, 1.82) is 0 Å². The highest BCUT2D eigenvalue weighted by molar-refractivity contribution is 7.46. The number of aromatic nitrogens is 2. The van der Waals surface area contributed by atoms with E-state index in [2.05, 4.69) is 33.2 Å². The highest BCUT2D eigenvalue weighted by Crippen LogP contribution is 2.38. The van der Waals surface area contributed by atoms with Crippen LogP contribution in [0.5, 0.6) is 0 Å². The molecule has 3 rings (SSSR count). The van der Waals surface area contributed by atoms with E-state index in [1.165, 1.54) is 30.7 Å². The molecule has 1 aromatic rings. The minimum absolute atomic E-state index is 0.0883. The highest BCUT2D eigenvalue weighted by Gasteiger charge is 2.38. The Morgan fingerprint density at radius 1 is 1.41 bits per heavy atom. The molecule has 2 fully saturated rings. The summed E-state index contributed by atoms with van der Waals surface area (Å²) in [6.07, 6.45) is 3.97. The lowest BCUT2D eigenvalue weighted by Crippen LogP contribution is -2.33. The molecule has 11 nitrogen and oxygen atoms in total. The van der Waals surface area contributed by atoms with Crippen molar-refractivity contribution < 1.29 is 28.3 Å². The molecule has 1 saturated heterocycles. The fourth-order valence-corrected chi connectivity index (χ4v) is 4.28. The lowest BCUT2D eigenvalue weighted by atomic mass is 10.1. The first-order chi connectivity index (χ1) is 15.2. The summed E-state index contributed by atoms with van der Waals surface area (Å²) in [5.41, 5.74) is -0.268. The summed E-state index contributed by atoms with van der Waals surface area (Å²) in [5, 5.41) is 3.17. The van der Waals surface area contributed by atoms with Crippen LogP contribution in [0.4, 0.5) is 0 Å². The van der Waals surface area contributed by atoms with Gasteiger partial charge in [-0.15, -0.1) is 0 Å². The second-order valence-electron chi connectivity index (χ2n) is 7.80. The first-order valence-corrected chi connectivity index (χ1v) is 11.9. The zero-order valence-corrected chi connectivity index (χ0v) is 18.7. The van der Waals surface area contributed by atoms with Gasteiger partial charge in [0.15, 0.2) is 0 Å². The normalized spacial score (nSPS) is 23.7. The van der Waals surface area contributed by atoms with E-state index in [-0.39, 0.29) is 12.0 Å². The molecular formula is C20H28N3O8P. The van der Waals surface area contributed by atoms with Crippen LogP contribution in [0.25, 0.3) is 0 Å². The monoisotopic (exact) mass is 469 g/mol. The topological polar surface area (TPSA) is 152 Å². The van der Waals surface area contributed by atoms with Gasteiger partial charge in [-0.05, 0) is 18.8 Å². The molecule has 3 atom stereocenters. The SMILES string of the molecule is C=C(NCC#Cc1cn([C@H]2CC(OC)[C@@H](COP(=O)(O)O)O2)c(=O)[nH]c1=O)C1CCCC1. The maximum atomic E-state index is 12.3. The number of allylic oxidation sites excluding steroid dienone is 1. The van der Waals surface area contributed by atoms with Crippen molar-refractivity contribution in [3.63, 3.8) is 0 Å². The van der Waals surface area contributed by atoms with E-state index in [1.54, 1.807) is 0 Å². The molecule has 12 heteroatoms. The van der Waals surface area contributed by atoms with Crippen LogP contribution in [-0.2, 0) is 18.6 Å². The van der Waals surface area contributed by atoms with E-state index in [0.29, 0.717) is 12.5 Å². The van der Waals surface area contributed by atoms with Crippen molar-refractivity contribution >= 4 is 7.82 Å². The number of phosphoric acid groups is 1.